The molecular weight excluding hydrogens is 376 g/mol. The van der Waals surface area contributed by atoms with Gasteiger partial charge in [-0.05, 0) is 74.5 Å². The van der Waals surface area contributed by atoms with Crippen LogP contribution in [0.15, 0.2) is 88.7 Å². The molecule has 144 valence electrons. The summed E-state index contributed by atoms with van der Waals surface area (Å²) in [5.41, 5.74) is 0.419. The van der Waals surface area contributed by atoms with E-state index in [1.165, 1.54) is 36.4 Å². The van der Waals surface area contributed by atoms with Gasteiger partial charge in [0.15, 0.2) is 0 Å². The van der Waals surface area contributed by atoms with Gasteiger partial charge < -0.3 is 9.47 Å². The normalized spacial score (nSPS) is 11.2. The van der Waals surface area contributed by atoms with Gasteiger partial charge in [-0.3, -0.25) is 0 Å². The lowest BCUT2D eigenvalue weighted by Crippen LogP contribution is -2.08. The van der Waals surface area contributed by atoms with Crippen molar-refractivity contribution in [2.75, 3.05) is 0 Å². The molecular formula is C22H20O5S. The molecule has 0 fully saturated rings. The summed E-state index contributed by atoms with van der Waals surface area (Å²) in [4.78, 5) is 12.4. The quantitative estimate of drug-likeness (QED) is 0.452. The molecule has 0 atom stereocenters. The van der Waals surface area contributed by atoms with Gasteiger partial charge >= 0.3 is 5.97 Å². The summed E-state index contributed by atoms with van der Waals surface area (Å²) < 4.78 is 36.4. The fraction of sp³-hybridized carbons (Fsp3) is 0.136. The van der Waals surface area contributed by atoms with Crippen molar-refractivity contribution < 1.29 is 22.7 Å². The smallest absolute Gasteiger partial charge is 0.343 e. The average molecular weight is 396 g/mol. The maximum Gasteiger partial charge on any atom is 0.343 e. The third-order valence-electron chi connectivity index (χ3n) is 3.86. The molecule has 0 unspecified atom stereocenters. The van der Waals surface area contributed by atoms with Crippen molar-refractivity contribution in [1.29, 1.82) is 0 Å². The molecule has 0 bridgehead atoms. The molecule has 0 amide bonds. The van der Waals surface area contributed by atoms with Crippen LogP contribution in [0, 0.1) is 0 Å². The summed E-state index contributed by atoms with van der Waals surface area (Å²) in [5.74, 6) is 0.377. The maximum absolute atomic E-state index is 12.8. The third kappa shape index (κ3) is 4.58. The highest BCUT2D eigenvalue weighted by molar-refractivity contribution is 7.91. The Bertz CT molecular complexity index is 1040. The highest BCUT2D eigenvalue weighted by Gasteiger charge is 2.18. The number of carbonyl (C=O) groups excluding carboxylic acids is 1. The molecule has 3 rings (SSSR count). The minimum atomic E-state index is -3.68. The van der Waals surface area contributed by atoms with E-state index in [2.05, 4.69) is 0 Å². The number of rotatable bonds is 6. The van der Waals surface area contributed by atoms with E-state index in [1.807, 2.05) is 13.8 Å². The topological polar surface area (TPSA) is 69.7 Å². The molecule has 0 spiro atoms. The molecule has 3 aromatic rings. The lowest BCUT2D eigenvalue weighted by molar-refractivity contribution is 0.0734. The molecule has 3 aromatic carbocycles. The Morgan fingerprint density at radius 3 is 1.75 bits per heavy atom. The first kappa shape index (κ1) is 19.6. The summed E-state index contributed by atoms with van der Waals surface area (Å²) in [5, 5.41) is 0. The second kappa shape index (κ2) is 8.27. The van der Waals surface area contributed by atoms with E-state index < -0.39 is 15.8 Å². The van der Waals surface area contributed by atoms with Crippen LogP contribution in [0.3, 0.4) is 0 Å². The van der Waals surface area contributed by atoms with E-state index in [4.69, 9.17) is 9.47 Å². The van der Waals surface area contributed by atoms with Crippen molar-refractivity contribution in [3.8, 4) is 11.5 Å². The number of hydrogen-bond acceptors (Lipinski definition) is 5. The van der Waals surface area contributed by atoms with Gasteiger partial charge in [-0.15, -0.1) is 0 Å². The molecule has 0 radical (unpaired) electrons. The number of ether oxygens (including phenoxy) is 2. The van der Waals surface area contributed by atoms with Crippen LogP contribution in [-0.4, -0.2) is 20.5 Å². The summed E-state index contributed by atoms with van der Waals surface area (Å²) in [6, 6.07) is 20.6. The highest BCUT2D eigenvalue weighted by Crippen LogP contribution is 2.25. The van der Waals surface area contributed by atoms with E-state index in [9.17, 15) is 13.2 Å². The highest BCUT2D eigenvalue weighted by atomic mass is 32.2. The van der Waals surface area contributed by atoms with Gasteiger partial charge in [0.2, 0.25) is 9.84 Å². The number of benzene rings is 3. The van der Waals surface area contributed by atoms with Crippen LogP contribution in [0.5, 0.6) is 11.5 Å². The Labute approximate surface area is 164 Å². The number of sulfone groups is 1. The fourth-order valence-corrected chi connectivity index (χ4v) is 3.79. The van der Waals surface area contributed by atoms with Crippen LogP contribution in [0.25, 0.3) is 0 Å². The van der Waals surface area contributed by atoms with Crippen molar-refractivity contribution in [2.45, 2.75) is 29.7 Å². The Morgan fingerprint density at radius 2 is 1.25 bits per heavy atom. The van der Waals surface area contributed by atoms with Crippen molar-refractivity contribution >= 4 is 15.8 Å². The van der Waals surface area contributed by atoms with Gasteiger partial charge in [-0.1, -0.05) is 18.2 Å². The first-order chi connectivity index (χ1) is 13.4. The van der Waals surface area contributed by atoms with E-state index in [0.29, 0.717) is 11.3 Å². The Morgan fingerprint density at radius 1 is 0.750 bits per heavy atom. The summed E-state index contributed by atoms with van der Waals surface area (Å²) >= 11 is 0. The summed E-state index contributed by atoms with van der Waals surface area (Å²) in [6.45, 7) is 3.80. The largest absolute Gasteiger partial charge is 0.491 e. The Hall–Kier alpha value is -3.12. The second-order valence-electron chi connectivity index (χ2n) is 6.37. The van der Waals surface area contributed by atoms with Crippen LogP contribution >= 0.6 is 0 Å². The van der Waals surface area contributed by atoms with Crippen molar-refractivity contribution in [1.82, 2.24) is 0 Å². The lowest BCUT2D eigenvalue weighted by atomic mass is 10.2. The van der Waals surface area contributed by atoms with Crippen LogP contribution in [0.4, 0.5) is 0 Å². The number of hydrogen-bond donors (Lipinski definition) is 0. The van der Waals surface area contributed by atoms with Crippen LogP contribution in [0.2, 0.25) is 0 Å². The minimum Gasteiger partial charge on any atom is -0.491 e. The first-order valence-electron chi connectivity index (χ1n) is 8.75. The van der Waals surface area contributed by atoms with Crippen LogP contribution in [0.1, 0.15) is 24.2 Å². The van der Waals surface area contributed by atoms with Crippen LogP contribution < -0.4 is 9.47 Å². The minimum absolute atomic E-state index is 0.00796. The molecule has 0 N–H and O–H groups in total. The van der Waals surface area contributed by atoms with Gasteiger partial charge in [-0.25, -0.2) is 13.2 Å². The van der Waals surface area contributed by atoms with Crippen molar-refractivity contribution in [3.63, 3.8) is 0 Å². The monoisotopic (exact) mass is 396 g/mol. The maximum atomic E-state index is 12.8. The molecule has 0 aliphatic carbocycles. The van der Waals surface area contributed by atoms with E-state index in [0.717, 1.165) is 0 Å². The molecule has 6 heteroatoms. The Kier molecular flexibility index (Phi) is 5.80. The molecule has 0 heterocycles. The third-order valence-corrected chi connectivity index (χ3v) is 5.65. The van der Waals surface area contributed by atoms with Gasteiger partial charge in [0.1, 0.15) is 11.5 Å². The van der Waals surface area contributed by atoms with Gasteiger partial charge in [0, 0.05) is 0 Å². The molecule has 0 aliphatic heterocycles. The molecule has 0 aliphatic rings. The molecule has 0 saturated carbocycles. The van der Waals surface area contributed by atoms with Gasteiger partial charge in [0.05, 0.1) is 21.5 Å². The molecule has 0 saturated heterocycles. The number of esters is 1. The van der Waals surface area contributed by atoms with E-state index in [-0.39, 0.29) is 21.6 Å². The Balaban J connectivity index is 1.75. The van der Waals surface area contributed by atoms with E-state index >= 15 is 0 Å². The average Bonchev–Trinajstić information content (AvgIpc) is 2.69. The summed E-state index contributed by atoms with van der Waals surface area (Å²) in [7, 11) is -3.68. The van der Waals surface area contributed by atoms with Crippen molar-refractivity contribution in [3.05, 3.63) is 84.4 Å². The summed E-state index contributed by atoms with van der Waals surface area (Å²) in [6.07, 6.45) is 0.00796. The van der Waals surface area contributed by atoms with Gasteiger partial charge in [0.25, 0.3) is 0 Å². The number of carbonyl (C=O) groups is 1. The zero-order chi connectivity index (χ0) is 20.1. The van der Waals surface area contributed by atoms with Crippen molar-refractivity contribution in [2.24, 2.45) is 0 Å². The molecule has 5 nitrogen and oxygen atoms in total. The first-order valence-corrected chi connectivity index (χ1v) is 10.2. The van der Waals surface area contributed by atoms with Crippen LogP contribution in [-0.2, 0) is 9.84 Å². The fourth-order valence-electron chi connectivity index (χ4n) is 2.53. The lowest BCUT2D eigenvalue weighted by Gasteiger charge is -2.11. The zero-order valence-electron chi connectivity index (χ0n) is 15.5. The predicted octanol–water partition coefficient (Wildman–Crippen LogP) is 4.53. The standard InChI is InChI=1S/C22H20O5S/c1-16(2)26-18-8-12-20(13-9-18)28(24,25)21-14-10-19(11-15-21)27-22(23)17-6-4-3-5-7-17/h3-16H,1-2H3. The van der Waals surface area contributed by atoms with E-state index in [1.54, 1.807) is 42.5 Å². The molecule has 28 heavy (non-hydrogen) atoms. The molecule has 0 aromatic heterocycles. The second-order valence-corrected chi connectivity index (χ2v) is 8.32. The SMILES string of the molecule is CC(C)Oc1ccc(S(=O)(=O)c2ccc(OC(=O)c3ccccc3)cc2)cc1. The zero-order valence-corrected chi connectivity index (χ0v) is 16.3. The predicted molar refractivity (Wildman–Crippen MR) is 106 cm³/mol. The van der Waals surface area contributed by atoms with Gasteiger partial charge in [-0.2, -0.15) is 0 Å².